The molecule has 4 nitrogen and oxygen atoms in total. The molecule has 2 N–H and O–H groups in total. The van der Waals surface area contributed by atoms with Gasteiger partial charge in [0.25, 0.3) is 0 Å². The Balaban J connectivity index is 2.36. The fourth-order valence-electron chi connectivity index (χ4n) is 2.63. The molecule has 1 saturated carbocycles. The molecule has 1 atom stereocenters. The van der Waals surface area contributed by atoms with E-state index in [9.17, 15) is 9.59 Å². The predicted molar refractivity (Wildman–Crippen MR) is 70.3 cm³/mol. The molecule has 1 amide bonds. The maximum atomic E-state index is 11.8. The first-order valence-corrected chi connectivity index (χ1v) is 7.15. The summed E-state index contributed by atoms with van der Waals surface area (Å²) < 4.78 is 0. The normalized spacial score (nSPS) is 18.9. The zero-order valence-electron chi connectivity index (χ0n) is 11.3. The zero-order chi connectivity index (χ0) is 13.4. The molecule has 0 aromatic heterocycles. The molecule has 1 rings (SSSR count). The molecular weight excluding hydrogens is 230 g/mol. The number of hydrogen-bond donors (Lipinski definition) is 2. The van der Waals surface area contributed by atoms with E-state index < -0.39 is 12.0 Å². The van der Waals surface area contributed by atoms with Crippen molar-refractivity contribution in [1.29, 1.82) is 0 Å². The number of carboxylic acid groups (broad SMARTS) is 1. The average Bonchev–Trinajstić information content (AvgIpc) is 2.57. The number of carboxylic acids is 1. The van der Waals surface area contributed by atoms with Crippen LogP contribution < -0.4 is 5.32 Å². The minimum absolute atomic E-state index is 0.0947. The highest BCUT2D eigenvalue weighted by molar-refractivity contribution is 5.83. The lowest BCUT2D eigenvalue weighted by Gasteiger charge is -2.17. The van der Waals surface area contributed by atoms with Gasteiger partial charge in [-0.05, 0) is 25.2 Å². The van der Waals surface area contributed by atoms with E-state index in [0.717, 1.165) is 19.3 Å². The summed E-state index contributed by atoms with van der Waals surface area (Å²) in [6.45, 7) is 1.92. The minimum atomic E-state index is -0.925. The van der Waals surface area contributed by atoms with Gasteiger partial charge in [-0.25, -0.2) is 4.79 Å². The van der Waals surface area contributed by atoms with Crippen LogP contribution in [0, 0.1) is 5.92 Å². The van der Waals surface area contributed by atoms with E-state index in [4.69, 9.17) is 5.11 Å². The molecular formula is C14H25NO3. The van der Waals surface area contributed by atoms with Crippen LogP contribution in [0.2, 0.25) is 0 Å². The van der Waals surface area contributed by atoms with Gasteiger partial charge in [0.2, 0.25) is 5.91 Å². The first-order valence-electron chi connectivity index (χ1n) is 7.15. The minimum Gasteiger partial charge on any atom is -0.480 e. The van der Waals surface area contributed by atoms with Crippen LogP contribution in [0.5, 0.6) is 0 Å². The molecule has 0 radical (unpaired) electrons. The third-order valence-electron chi connectivity index (χ3n) is 3.66. The van der Waals surface area contributed by atoms with Gasteiger partial charge in [0, 0.05) is 6.42 Å². The van der Waals surface area contributed by atoms with E-state index >= 15 is 0 Å². The Kier molecular flexibility index (Phi) is 6.76. The molecule has 0 spiro atoms. The average molecular weight is 255 g/mol. The van der Waals surface area contributed by atoms with Gasteiger partial charge in [0.1, 0.15) is 6.04 Å². The van der Waals surface area contributed by atoms with Crippen molar-refractivity contribution in [3.8, 4) is 0 Å². The van der Waals surface area contributed by atoms with Crippen molar-refractivity contribution in [2.75, 3.05) is 0 Å². The maximum absolute atomic E-state index is 11.8. The Morgan fingerprint density at radius 3 is 2.33 bits per heavy atom. The largest absolute Gasteiger partial charge is 0.480 e. The van der Waals surface area contributed by atoms with Crippen molar-refractivity contribution in [1.82, 2.24) is 5.32 Å². The fraction of sp³-hybridized carbons (Fsp3) is 0.857. The molecule has 0 saturated heterocycles. The molecule has 18 heavy (non-hydrogen) atoms. The van der Waals surface area contributed by atoms with E-state index in [-0.39, 0.29) is 5.91 Å². The molecule has 1 aliphatic rings. The second kappa shape index (κ2) is 8.11. The number of carbonyl (C=O) groups excluding carboxylic acids is 1. The summed E-state index contributed by atoms with van der Waals surface area (Å²) in [5.74, 6) is -0.572. The van der Waals surface area contributed by atoms with Crippen LogP contribution in [0.25, 0.3) is 0 Å². The first-order chi connectivity index (χ1) is 8.63. The van der Waals surface area contributed by atoms with Crippen LogP contribution in [0.1, 0.15) is 64.7 Å². The third-order valence-corrected chi connectivity index (χ3v) is 3.66. The molecule has 0 unspecified atom stereocenters. The van der Waals surface area contributed by atoms with E-state index in [1.807, 2.05) is 6.92 Å². The number of carbonyl (C=O) groups is 2. The van der Waals surface area contributed by atoms with E-state index in [1.165, 1.54) is 25.7 Å². The van der Waals surface area contributed by atoms with Crippen LogP contribution in [0.15, 0.2) is 0 Å². The third kappa shape index (κ3) is 5.52. The lowest BCUT2D eigenvalue weighted by atomic mass is 9.96. The number of rotatable bonds is 6. The smallest absolute Gasteiger partial charge is 0.326 e. The van der Waals surface area contributed by atoms with Crippen molar-refractivity contribution in [2.24, 2.45) is 5.92 Å². The second-order valence-corrected chi connectivity index (χ2v) is 5.31. The van der Waals surface area contributed by atoms with Gasteiger partial charge in [-0.1, -0.05) is 39.0 Å². The first kappa shape index (κ1) is 15.0. The fourth-order valence-corrected chi connectivity index (χ4v) is 2.63. The monoisotopic (exact) mass is 255 g/mol. The lowest BCUT2D eigenvalue weighted by molar-refractivity contribution is -0.142. The molecule has 0 heterocycles. The topological polar surface area (TPSA) is 66.4 Å². The standard InChI is InChI=1S/C14H25NO3/c1-2-7-12(14(17)18)15-13(16)10-11-8-5-3-4-6-9-11/h11-12H,2-10H2,1H3,(H,15,16)(H,17,18)/t12-/m1/s1. The van der Waals surface area contributed by atoms with Gasteiger partial charge >= 0.3 is 5.97 Å². The maximum Gasteiger partial charge on any atom is 0.326 e. The molecule has 0 aromatic rings. The summed E-state index contributed by atoms with van der Waals surface area (Å²) in [6, 6.07) is -0.715. The molecule has 1 aliphatic carbocycles. The van der Waals surface area contributed by atoms with Gasteiger partial charge < -0.3 is 10.4 Å². The van der Waals surface area contributed by atoms with E-state index in [2.05, 4.69) is 5.32 Å². The molecule has 0 aliphatic heterocycles. The summed E-state index contributed by atoms with van der Waals surface area (Å²) in [7, 11) is 0. The molecule has 4 heteroatoms. The van der Waals surface area contributed by atoms with Crippen LogP contribution >= 0.6 is 0 Å². The Bertz CT molecular complexity index is 270. The lowest BCUT2D eigenvalue weighted by Crippen LogP contribution is -2.41. The molecule has 0 bridgehead atoms. The number of hydrogen-bond acceptors (Lipinski definition) is 2. The van der Waals surface area contributed by atoms with Gasteiger partial charge in [-0.15, -0.1) is 0 Å². The Hall–Kier alpha value is -1.06. The highest BCUT2D eigenvalue weighted by Gasteiger charge is 2.21. The van der Waals surface area contributed by atoms with Gasteiger partial charge in [0.05, 0.1) is 0 Å². The number of amides is 1. The van der Waals surface area contributed by atoms with Crippen LogP contribution in [0.3, 0.4) is 0 Å². The highest BCUT2D eigenvalue weighted by atomic mass is 16.4. The van der Waals surface area contributed by atoms with Gasteiger partial charge in [-0.2, -0.15) is 0 Å². The summed E-state index contributed by atoms with van der Waals surface area (Å²) in [5.41, 5.74) is 0. The zero-order valence-corrected chi connectivity index (χ0v) is 11.3. The summed E-state index contributed by atoms with van der Waals surface area (Å²) in [6.07, 6.45) is 8.93. The molecule has 0 aromatic carbocycles. The van der Waals surface area contributed by atoms with Crippen LogP contribution in [-0.2, 0) is 9.59 Å². The Morgan fingerprint density at radius 2 is 1.83 bits per heavy atom. The van der Waals surface area contributed by atoms with Crippen molar-refractivity contribution in [3.05, 3.63) is 0 Å². The molecule has 104 valence electrons. The highest BCUT2D eigenvalue weighted by Crippen LogP contribution is 2.25. The second-order valence-electron chi connectivity index (χ2n) is 5.31. The van der Waals surface area contributed by atoms with E-state index in [1.54, 1.807) is 0 Å². The van der Waals surface area contributed by atoms with Crippen molar-refractivity contribution >= 4 is 11.9 Å². The Labute approximate surface area is 109 Å². The van der Waals surface area contributed by atoms with Crippen LogP contribution in [0.4, 0.5) is 0 Å². The van der Waals surface area contributed by atoms with Gasteiger partial charge in [0.15, 0.2) is 0 Å². The summed E-state index contributed by atoms with van der Waals surface area (Å²) in [4.78, 5) is 22.8. The van der Waals surface area contributed by atoms with E-state index in [0.29, 0.717) is 18.8 Å². The number of nitrogens with one attached hydrogen (secondary N) is 1. The summed E-state index contributed by atoms with van der Waals surface area (Å²) in [5, 5.41) is 11.6. The van der Waals surface area contributed by atoms with Gasteiger partial charge in [-0.3, -0.25) is 4.79 Å². The SMILES string of the molecule is CCC[C@@H](NC(=O)CC1CCCCCC1)C(=O)O. The Morgan fingerprint density at radius 1 is 1.22 bits per heavy atom. The predicted octanol–water partition coefficient (Wildman–Crippen LogP) is 2.72. The van der Waals surface area contributed by atoms with Crippen molar-refractivity contribution < 1.29 is 14.7 Å². The van der Waals surface area contributed by atoms with Crippen molar-refractivity contribution in [2.45, 2.75) is 70.8 Å². The van der Waals surface area contributed by atoms with Crippen LogP contribution in [-0.4, -0.2) is 23.0 Å². The quantitative estimate of drug-likeness (QED) is 0.717. The summed E-state index contributed by atoms with van der Waals surface area (Å²) >= 11 is 0. The molecule has 1 fully saturated rings. The van der Waals surface area contributed by atoms with Crippen molar-refractivity contribution in [3.63, 3.8) is 0 Å². The number of aliphatic carboxylic acids is 1.